The second kappa shape index (κ2) is 8.56. The molecule has 1 unspecified atom stereocenters. The molecule has 1 atom stereocenters. The first-order valence-electron chi connectivity index (χ1n) is 9.03. The first-order chi connectivity index (χ1) is 13.5. The molecule has 2 aromatic carbocycles. The monoisotopic (exact) mass is 381 g/mol. The van der Waals surface area contributed by atoms with Crippen molar-refractivity contribution in [3.63, 3.8) is 0 Å². The molecule has 7 nitrogen and oxygen atoms in total. The van der Waals surface area contributed by atoms with Gasteiger partial charge in [-0.25, -0.2) is 0 Å². The topological polar surface area (TPSA) is 87.7 Å². The van der Waals surface area contributed by atoms with Crippen LogP contribution in [0.2, 0.25) is 0 Å². The van der Waals surface area contributed by atoms with Crippen LogP contribution in [0.3, 0.4) is 0 Å². The molecule has 3 amide bonds. The van der Waals surface area contributed by atoms with Gasteiger partial charge in [-0.05, 0) is 36.2 Å². The highest BCUT2D eigenvalue weighted by Gasteiger charge is 2.34. The first-order valence-corrected chi connectivity index (χ1v) is 9.03. The van der Waals surface area contributed by atoms with Gasteiger partial charge in [-0.3, -0.25) is 14.4 Å². The predicted octanol–water partition coefficient (Wildman–Crippen LogP) is 1.86. The maximum Gasteiger partial charge on any atom is 0.246 e. The molecule has 1 aliphatic rings. The highest BCUT2D eigenvalue weighted by Crippen LogP contribution is 2.21. The van der Waals surface area contributed by atoms with Gasteiger partial charge in [0.25, 0.3) is 0 Å². The number of piperazine rings is 1. The maximum absolute atomic E-state index is 12.7. The number of nitrogens with zero attached hydrogens (tertiary/aromatic N) is 1. The summed E-state index contributed by atoms with van der Waals surface area (Å²) in [6.07, 6.45) is -0.124. The van der Waals surface area contributed by atoms with E-state index in [2.05, 4.69) is 10.6 Å². The number of hydrogen-bond acceptors (Lipinski definition) is 4. The van der Waals surface area contributed by atoms with Gasteiger partial charge in [0.15, 0.2) is 0 Å². The number of carbonyl (C=O) groups is 3. The Labute approximate surface area is 163 Å². The Morgan fingerprint density at radius 2 is 1.96 bits per heavy atom. The molecule has 1 aliphatic heterocycles. The van der Waals surface area contributed by atoms with Gasteiger partial charge >= 0.3 is 0 Å². The van der Waals surface area contributed by atoms with Gasteiger partial charge in [-0.15, -0.1) is 0 Å². The fourth-order valence-electron chi connectivity index (χ4n) is 3.14. The summed E-state index contributed by atoms with van der Waals surface area (Å²) in [5.41, 5.74) is 2.42. The maximum atomic E-state index is 12.7. The summed E-state index contributed by atoms with van der Waals surface area (Å²) < 4.78 is 5.15. The number of carbonyl (C=O) groups excluding carboxylic acids is 3. The number of rotatable bonds is 6. The quantitative estimate of drug-likeness (QED) is 0.800. The molecule has 0 bridgehead atoms. The summed E-state index contributed by atoms with van der Waals surface area (Å²) in [4.78, 5) is 38.7. The van der Waals surface area contributed by atoms with E-state index < -0.39 is 6.04 Å². The normalized spacial score (nSPS) is 16.5. The van der Waals surface area contributed by atoms with E-state index in [1.54, 1.807) is 19.2 Å². The number of hydrogen-bond donors (Lipinski definition) is 2. The van der Waals surface area contributed by atoms with Gasteiger partial charge in [0.2, 0.25) is 17.7 Å². The van der Waals surface area contributed by atoms with Gasteiger partial charge in [0, 0.05) is 12.2 Å². The standard InChI is InChI=1S/C21H23N3O4/c1-14-10-16(28-2)8-9-17(14)22-19(25)11-18-21(27)24(13-20(26)23-18)12-15-6-4-3-5-7-15/h3-10,18H,11-13H2,1-2H3,(H,22,25)(H,23,26). The second-order valence-corrected chi connectivity index (χ2v) is 6.73. The minimum absolute atomic E-state index is 0.0105. The van der Waals surface area contributed by atoms with Crippen LogP contribution in [0.15, 0.2) is 48.5 Å². The molecule has 1 saturated heterocycles. The van der Waals surface area contributed by atoms with Gasteiger partial charge in [-0.2, -0.15) is 0 Å². The average molecular weight is 381 g/mol. The molecular formula is C21H23N3O4. The van der Waals surface area contributed by atoms with Crippen LogP contribution in [-0.2, 0) is 20.9 Å². The van der Waals surface area contributed by atoms with Crippen molar-refractivity contribution >= 4 is 23.4 Å². The van der Waals surface area contributed by atoms with E-state index in [0.717, 1.165) is 11.1 Å². The lowest BCUT2D eigenvalue weighted by Gasteiger charge is -2.32. The van der Waals surface area contributed by atoms with E-state index in [0.29, 0.717) is 18.0 Å². The van der Waals surface area contributed by atoms with Crippen LogP contribution >= 0.6 is 0 Å². The molecule has 0 saturated carbocycles. The van der Waals surface area contributed by atoms with Crippen LogP contribution in [-0.4, -0.2) is 42.3 Å². The number of amides is 3. The van der Waals surface area contributed by atoms with Crippen LogP contribution in [0.4, 0.5) is 5.69 Å². The molecular weight excluding hydrogens is 358 g/mol. The minimum Gasteiger partial charge on any atom is -0.497 e. The van der Waals surface area contributed by atoms with Crippen molar-refractivity contribution in [2.24, 2.45) is 0 Å². The van der Waals surface area contributed by atoms with Crippen molar-refractivity contribution < 1.29 is 19.1 Å². The van der Waals surface area contributed by atoms with Crippen LogP contribution in [0.5, 0.6) is 5.75 Å². The van der Waals surface area contributed by atoms with Crippen LogP contribution in [0.25, 0.3) is 0 Å². The lowest BCUT2D eigenvalue weighted by Crippen LogP contribution is -2.58. The predicted molar refractivity (Wildman–Crippen MR) is 105 cm³/mol. The number of aryl methyl sites for hydroxylation is 1. The van der Waals surface area contributed by atoms with E-state index in [1.807, 2.05) is 43.3 Å². The van der Waals surface area contributed by atoms with Gasteiger partial charge in [-0.1, -0.05) is 30.3 Å². The lowest BCUT2D eigenvalue weighted by atomic mass is 10.1. The Morgan fingerprint density at radius 3 is 2.64 bits per heavy atom. The zero-order valence-electron chi connectivity index (χ0n) is 15.9. The van der Waals surface area contributed by atoms with Crippen LogP contribution in [0, 0.1) is 6.92 Å². The fourth-order valence-corrected chi connectivity index (χ4v) is 3.14. The van der Waals surface area contributed by atoms with E-state index in [9.17, 15) is 14.4 Å². The largest absolute Gasteiger partial charge is 0.497 e. The van der Waals surface area contributed by atoms with Crippen molar-refractivity contribution in [1.82, 2.24) is 10.2 Å². The first kappa shape index (κ1) is 19.4. The summed E-state index contributed by atoms with van der Waals surface area (Å²) in [6.45, 7) is 2.18. The van der Waals surface area contributed by atoms with E-state index in [-0.39, 0.29) is 30.7 Å². The van der Waals surface area contributed by atoms with Crippen molar-refractivity contribution in [3.8, 4) is 5.75 Å². The SMILES string of the molecule is COc1ccc(NC(=O)CC2NC(=O)CN(Cc3ccccc3)C2=O)c(C)c1. The van der Waals surface area contributed by atoms with E-state index in [4.69, 9.17) is 4.74 Å². The molecule has 7 heteroatoms. The molecule has 2 N–H and O–H groups in total. The smallest absolute Gasteiger partial charge is 0.246 e. The number of methoxy groups -OCH3 is 1. The Bertz CT molecular complexity index is 882. The highest BCUT2D eigenvalue weighted by atomic mass is 16.5. The Morgan fingerprint density at radius 1 is 1.21 bits per heavy atom. The number of anilines is 1. The van der Waals surface area contributed by atoms with Crippen molar-refractivity contribution in [2.45, 2.75) is 25.9 Å². The summed E-state index contributed by atoms with van der Waals surface area (Å²) in [7, 11) is 1.57. The molecule has 0 radical (unpaired) electrons. The molecule has 0 spiro atoms. The summed E-state index contributed by atoms with van der Waals surface area (Å²) in [6, 6.07) is 13.9. The molecule has 28 heavy (non-hydrogen) atoms. The third-order valence-electron chi connectivity index (χ3n) is 4.59. The molecule has 0 aromatic heterocycles. The third kappa shape index (κ3) is 4.68. The zero-order valence-corrected chi connectivity index (χ0v) is 15.9. The third-order valence-corrected chi connectivity index (χ3v) is 4.59. The van der Waals surface area contributed by atoms with Crippen LogP contribution < -0.4 is 15.4 Å². The van der Waals surface area contributed by atoms with Gasteiger partial charge < -0.3 is 20.3 Å². The molecule has 146 valence electrons. The summed E-state index contributed by atoms with van der Waals surface area (Å²) >= 11 is 0. The molecule has 3 rings (SSSR count). The van der Waals surface area contributed by atoms with Crippen molar-refractivity contribution in [2.75, 3.05) is 19.0 Å². The minimum atomic E-state index is -0.872. The molecule has 1 fully saturated rings. The molecule has 1 heterocycles. The Hall–Kier alpha value is -3.35. The number of benzene rings is 2. The zero-order chi connectivity index (χ0) is 20.1. The van der Waals surface area contributed by atoms with E-state index in [1.165, 1.54) is 4.90 Å². The van der Waals surface area contributed by atoms with Crippen LogP contribution in [0.1, 0.15) is 17.5 Å². The van der Waals surface area contributed by atoms with Gasteiger partial charge in [0.1, 0.15) is 11.8 Å². The second-order valence-electron chi connectivity index (χ2n) is 6.73. The average Bonchev–Trinajstić information content (AvgIpc) is 2.68. The van der Waals surface area contributed by atoms with E-state index >= 15 is 0 Å². The summed E-state index contributed by atoms with van der Waals surface area (Å²) in [5.74, 6) is -0.172. The Balaban J connectivity index is 1.64. The fraction of sp³-hybridized carbons (Fsp3) is 0.286. The lowest BCUT2D eigenvalue weighted by molar-refractivity contribution is -0.145. The Kier molecular flexibility index (Phi) is 5.93. The van der Waals surface area contributed by atoms with Gasteiger partial charge in [0.05, 0.1) is 20.1 Å². The van der Waals surface area contributed by atoms with Crippen molar-refractivity contribution in [3.05, 3.63) is 59.7 Å². The molecule has 2 aromatic rings. The molecule has 0 aliphatic carbocycles. The highest BCUT2D eigenvalue weighted by molar-refractivity contribution is 6.00. The van der Waals surface area contributed by atoms with Crippen molar-refractivity contribution in [1.29, 1.82) is 0 Å². The summed E-state index contributed by atoms with van der Waals surface area (Å²) in [5, 5.41) is 5.41. The number of nitrogens with one attached hydrogen (secondary N) is 2. The number of ether oxygens (including phenoxy) is 1.